The number of furan rings is 2. The van der Waals surface area contributed by atoms with Gasteiger partial charge in [-0.15, -0.1) is 11.3 Å². The average Bonchev–Trinajstić information content (AvgIpc) is 3.98. The van der Waals surface area contributed by atoms with Crippen LogP contribution < -0.4 is 0 Å². The van der Waals surface area contributed by atoms with E-state index < -0.39 is 0 Å². The van der Waals surface area contributed by atoms with Crippen molar-refractivity contribution in [3.63, 3.8) is 0 Å². The highest BCUT2D eigenvalue weighted by molar-refractivity contribution is 7.26. The molecule has 0 bridgehead atoms. The average molecular weight is 748 g/mol. The first-order valence-electron chi connectivity index (χ1n) is 18.9. The van der Waals surface area contributed by atoms with Crippen LogP contribution in [0.4, 0.5) is 0 Å². The Morgan fingerprint density at radius 1 is 0.351 bits per heavy atom. The maximum atomic E-state index is 6.64. The van der Waals surface area contributed by atoms with Crippen LogP contribution in [0.15, 0.2) is 185 Å². The quantitative estimate of drug-likeness (QED) is 0.175. The summed E-state index contributed by atoms with van der Waals surface area (Å²) in [7, 11) is 0. The van der Waals surface area contributed by atoms with Crippen molar-refractivity contribution in [3.05, 3.63) is 176 Å². The standard InChI is InChI=1S/C51H29N3O2S/c1-3-14-30(15-4-1)49-52-50(31-16-5-2-6-17-31)54-51(53-49)39-24-13-27-44-46(39)38-23-12-22-36(48(38)57-44)40-28-32(29-43-45(40)37-19-8-10-26-42(37)55-43)33-20-11-21-35-34-18-7-9-25-41(34)56-47(33)35/h1-29H. The van der Waals surface area contributed by atoms with E-state index in [9.17, 15) is 0 Å². The van der Waals surface area contributed by atoms with Gasteiger partial charge < -0.3 is 8.83 Å². The van der Waals surface area contributed by atoms with Gasteiger partial charge >= 0.3 is 0 Å². The molecule has 4 aromatic heterocycles. The largest absolute Gasteiger partial charge is 0.456 e. The van der Waals surface area contributed by atoms with E-state index in [1.165, 1.54) is 4.70 Å². The van der Waals surface area contributed by atoms with Crippen LogP contribution >= 0.6 is 11.3 Å². The predicted octanol–water partition coefficient (Wildman–Crippen LogP) is 14.4. The number of hydrogen-bond donors (Lipinski definition) is 0. The smallest absolute Gasteiger partial charge is 0.164 e. The summed E-state index contributed by atoms with van der Waals surface area (Å²) in [5.74, 6) is 1.92. The van der Waals surface area contributed by atoms with Crippen LogP contribution in [0.5, 0.6) is 0 Å². The Balaban J connectivity index is 1.11. The fourth-order valence-corrected chi connectivity index (χ4v) is 9.63. The third-order valence-corrected chi connectivity index (χ3v) is 12.2. The molecule has 0 aliphatic rings. The van der Waals surface area contributed by atoms with Gasteiger partial charge in [-0.2, -0.15) is 0 Å². The van der Waals surface area contributed by atoms with E-state index in [1.807, 2.05) is 84.9 Å². The summed E-state index contributed by atoms with van der Waals surface area (Å²) in [6.45, 7) is 0. The Morgan fingerprint density at radius 3 is 1.68 bits per heavy atom. The highest BCUT2D eigenvalue weighted by Gasteiger charge is 2.22. The molecule has 0 radical (unpaired) electrons. The van der Waals surface area contributed by atoms with E-state index in [4.69, 9.17) is 23.8 Å². The normalized spacial score (nSPS) is 11.9. The monoisotopic (exact) mass is 747 g/mol. The molecular weight excluding hydrogens is 719 g/mol. The number of thiophene rings is 1. The second-order valence-corrected chi connectivity index (χ2v) is 15.3. The number of aromatic nitrogens is 3. The number of rotatable bonds is 5. The minimum absolute atomic E-state index is 0.641. The zero-order valence-corrected chi connectivity index (χ0v) is 31.1. The lowest BCUT2D eigenvalue weighted by molar-refractivity contribution is 0.668. The maximum Gasteiger partial charge on any atom is 0.164 e. The lowest BCUT2D eigenvalue weighted by atomic mass is 9.93. The van der Waals surface area contributed by atoms with Gasteiger partial charge in [-0.05, 0) is 41.5 Å². The summed E-state index contributed by atoms with van der Waals surface area (Å²) in [6, 6.07) is 60.8. The number of benzene rings is 8. The van der Waals surface area contributed by atoms with Gasteiger partial charge in [0.2, 0.25) is 0 Å². The molecule has 57 heavy (non-hydrogen) atoms. The first-order chi connectivity index (χ1) is 28.2. The van der Waals surface area contributed by atoms with Crippen molar-refractivity contribution < 1.29 is 8.83 Å². The molecule has 0 fully saturated rings. The SMILES string of the molecule is c1ccc(-c2nc(-c3ccccc3)nc(-c3cccc4sc5c(-c6cc(-c7cccc8c7oc7ccccc78)cc7oc8ccccc8c67)cccc5c34)n2)cc1. The Morgan fingerprint density at radius 2 is 0.930 bits per heavy atom. The van der Waals surface area contributed by atoms with Crippen LogP contribution in [0.2, 0.25) is 0 Å². The Bertz CT molecular complexity index is 3470. The first kappa shape index (κ1) is 31.9. The fourth-order valence-electron chi connectivity index (χ4n) is 8.37. The number of para-hydroxylation sites is 3. The third-order valence-electron chi connectivity index (χ3n) is 10.9. The molecule has 0 aliphatic carbocycles. The van der Waals surface area contributed by atoms with E-state index in [2.05, 4.69) is 91.0 Å². The van der Waals surface area contributed by atoms with Gasteiger partial charge in [0.25, 0.3) is 0 Å². The molecular formula is C51H29N3O2S. The van der Waals surface area contributed by atoms with Gasteiger partial charge in [-0.25, -0.2) is 15.0 Å². The van der Waals surface area contributed by atoms with Gasteiger partial charge in [0.1, 0.15) is 22.3 Å². The topological polar surface area (TPSA) is 65.0 Å². The lowest BCUT2D eigenvalue weighted by Crippen LogP contribution is -2.00. The highest BCUT2D eigenvalue weighted by atomic mass is 32.1. The molecule has 12 aromatic rings. The minimum Gasteiger partial charge on any atom is -0.456 e. The summed E-state index contributed by atoms with van der Waals surface area (Å²) in [4.78, 5) is 15.2. The zero-order valence-electron chi connectivity index (χ0n) is 30.3. The fraction of sp³-hybridized carbons (Fsp3) is 0. The van der Waals surface area contributed by atoms with Crippen molar-refractivity contribution in [2.75, 3.05) is 0 Å². The van der Waals surface area contributed by atoms with Crippen LogP contribution in [0.1, 0.15) is 0 Å². The van der Waals surface area contributed by atoms with Crippen LogP contribution in [0.25, 0.3) is 120 Å². The van der Waals surface area contributed by atoms with Crippen molar-refractivity contribution in [2.45, 2.75) is 0 Å². The minimum atomic E-state index is 0.641. The number of nitrogens with zero attached hydrogens (tertiary/aromatic N) is 3. The number of hydrogen-bond acceptors (Lipinski definition) is 6. The molecule has 0 amide bonds. The Hall–Kier alpha value is -7.41. The van der Waals surface area contributed by atoms with E-state index >= 15 is 0 Å². The molecule has 0 spiro atoms. The van der Waals surface area contributed by atoms with Gasteiger partial charge in [0.05, 0.1) is 0 Å². The van der Waals surface area contributed by atoms with Crippen molar-refractivity contribution in [1.29, 1.82) is 0 Å². The van der Waals surface area contributed by atoms with Crippen molar-refractivity contribution in [1.82, 2.24) is 15.0 Å². The van der Waals surface area contributed by atoms with Crippen LogP contribution in [-0.2, 0) is 0 Å². The molecule has 266 valence electrons. The highest BCUT2D eigenvalue weighted by Crippen LogP contribution is 2.48. The molecule has 4 heterocycles. The van der Waals surface area contributed by atoms with Gasteiger partial charge in [-0.3, -0.25) is 0 Å². The van der Waals surface area contributed by atoms with Gasteiger partial charge in [-0.1, -0.05) is 146 Å². The first-order valence-corrected chi connectivity index (χ1v) is 19.7. The summed E-state index contributed by atoms with van der Waals surface area (Å²) >= 11 is 1.80. The molecule has 12 rings (SSSR count). The summed E-state index contributed by atoms with van der Waals surface area (Å²) < 4.78 is 15.5. The predicted molar refractivity (Wildman–Crippen MR) is 234 cm³/mol. The van der Waals surface area contributed by atoms with Crippen LogP contribution in [0.3, 0.4) is 0 Å². The summed E-state index contributed by atoms with van der Waals surface area (Å²) in [6.07, 6.45) is 0. The zero-order chi connectivity index (χ0) is 37.5. The summed E-state index contributed by atoms with van der Waals surface area (Å²) in [5, 5.41) is 6.65. The summed E-state index contributed by atoms with van der Waals surface area (Å²) in [5.41, 5.74) is 10.6. The maximum absolute atomic E-state index is 6.64. The molecule has 0 aliphatic heterocycles. The van der Waals surface area contributed by atoms with E-state index in [-0.39, 0.29) is 0 Å². The molecule has 6 heteroatoms. The van der Waals surface area contributed by atoms with Crippen molar-refractivity contribution in [3.8, 4) is 56.4 Å². The molecule has 0 saturated heterocycles. The Kier molecular flexibility index (Phi) is 7.03. The molecule has 0 N–H and O–H groups in total. The van der Waals surface area contributed by atoms with E-state index in [0.717, 1.165) is 98.3 Å². The molecule has 0 atom stereocenters. The molecule has 0 unspecified atom stereocenters. The molecule has 0 saturated carbocycles. The van der Waals surface area contributed by atoms with Crippen molar-refractivity contribution in [2.24, 2.45) is 0 Å². The van der Waals surface area contributed by atoms with E-state index in [0.29, 0.717) is 17.5 Å². The Labute approximate surface area is 330 Å². The van der Waals surface area contributed by atoms with Crippen LogP contribution in [-0.4, -0.2) is 15.0 Å². The van der Waals surface area contributed by atoms with Gasteiger partial charge in [0, 0.05) is 69.5 Å². The van der Waals surface area contributed by atoms with Gasteiger partial charge in [0.15, 0.2) is 17.5 Å². The second-order valence-electron chi connectivity index (χ2n) is 14.3. The lowest BCUT2D eigenvalue weighted by Gasteiger charge is -2.11. The molecule has 5 nitrogen and oxygen atoms in total. The molecule has 8 aromatic carbocycles. The van der Waals surface area contributed by atoms with Crippen molar-refractivity contribution >= 4 is 75.4 Å². The second kappa shape index (κ2) is 12.6. The number of fused-ring (bicyclic) bond motifs is 9. The van der Waals surface area contributed by atoms with E-state index in [1.54, 1.807) is 11.3 Å². The van der Waals surface area contributed by atoms with Crippen LogP contribution in [0, 0.1) is 0 Å². The third kappa shape index (κ3) is 5.04.